The number of para-hydroxylation sites is 1. The molecular weight excluding hydrogens is 674 g/mol. The summed E-state index contributed by atoms with van der Waals surface area (Å²) in [5.41, 5.74) is 0.563. The van der Waals surface area contributed by atoms with Crippen molar-refractivity contribution < 1.29 is 42.9 Å². The van der Waals surface area contributed by atoms with Gasteiger partial charge in [-0.25, -0.2) is 9.48 Å². The molecule has 3 aliphatic heterocycles. The summed E-state index contributed by atoms with van der Waals surface area (Å²) in [7, 11) is 0. The van der Waals surface area contributed by atoms with Crippen molar-refractivity contribution in [2.75, 3.05) is 52.5 Å². The smallest absolute Gasteiger partial charge is 0.409 e. The number of ether oxygens (including phenoxy) is 4. The van der Waals surface area contributed by atoms with Crippen LogP contribution in [0, 0.1) is 0 Å². The second kappa shape index (κ2) is 16.3. The highest BCUT2D eigenvalue weighted by Gasteiger charge is 2.39. The summed E-state index contributed by atoms with van der Waals surface area (Å²) in [6.07, 6.45) is 3.58. The van der Waals surface area contributed by atoms with E-state index in [4.69, 9.17) is 18.9 Å². The largest absolute Gasteiger partial charge is 0.467 e. The lowest BCUT2D eigenvalue weighted by Gasteiger charge is -2.36. The van der Waals surface area contributed by atoms with Crippen LogP contribution in [0.15, 0.2) is 36.4 Å². The molecule has 3 atom stereocenters. The van der Waals surface area contributed by atoms with Gasteiger partial charge in [-0.1, -0.05) is 18.2 Å². The van der Waals surface area contributed by atoms with Gasteiger partial charge in [0.25, 0.3) is 11.8 Å². The van der Waals surface area contributed by atoms with Crippen LogP contribution < -0.4 is 15.4 Å². The summed E-state index contributed by atoms with van der Waals surface area (Å²) in [6, 6.07) is 9.09. The molecule has 4 aliphatic rings. The van der Waals surface area contributed by atoms with E-state index < -0.39 is 36.0 Å². The summed E-state index contributed by atoms with van der Waals surface area (Å²) >= 11 is 0. The molecule has 282 valence electrons. The average Bonchev–Trinajstić information content (AvgIpc) is 3.87. The Morgan fingerprint density at radius 1 is 0.981 bits per heavy atom. The highest BCUT2D eigenvalue weighted by atomic mass is 16.7. The fourth-order valence-corrected chi connectivity index (χ4v) is 6.88. The quantitative estimate of drug-likeness (QED) is 0.329. The zero-order chi connectivity index (χ0) is 36.8. The Kier molecular flexibility index (Phi) is 11.6. The van der Waals surface area contributed by atoms with Crippen LogP contribution in [0.2, 0.25) is 0 Å². The maximum absolute atomic E-state index is 13.9. The van der Waals surface area contributed by atoms with Gasteiger partial charge < -0.3 is 44.3 Å². The van der Waals surface area contributed by atoms with Crippen LogP contribution >= 0.6 is 0 Å². The second-order valence-electron chi connectivity index (χ2n) is 14.0. The van der Waals surface area contributed by atoms with Gasteiger partial charge in [-0.15, -0.1) is 0 Å². The number of nitrogens with zero attached hydrogens (tertiary/aromatic N) is 5. The number of hydrogen-bond donors (Lipinski definition) is 2. The molecule has 2 N–H and O–H groups in total. The number of nitrogens with one attached hydrogen (secondary N) is 2. The maximum Gasteiger partial charge on any atom is 0.409 e. The van der Waals surface area contributed by atoms with Gasteiger partial charge in [0.05, 0.1) is 25.0 Å². The van der Waals surface area contributed by atoms with Crippen LogP contribution in [0.4, 0.5) is 4.79 Å². The molecule has 52 heavy (non-hydrogen) atoms. The van der Waals surface area contributed by atoms with Gasteiger partial charge in [-0.3, -0.25) is 19.2 Å². The van der Waals surface area contributed by atoms with Crippen molar-refractivity contribution in [1.29, 1.82) is 0 Å². The summed E-state index contributed by atoms with van der Waals surface area (Å²) in [5, 5.41) is 10.4. The Morgan fingerprint density at radius 3 is 2.37 bits per heavy atom. The van der Waals surface area contributed by atoms with Gasteiger partial charge in [0.15, 0.2) is 18.1 Å². The molecule has 0 radical (unpaired) electrons. The number of likely N-dealkylation sites (tertiary alicyclic amines) is 1. The number of hydrogen-bond acceptors (Lipinski definition) is 10. The molecule has 0 spiro atoms. The van der Waals surface area contributed by atoms with E-state index >= 15 is 0 Å². The minimum Gasteiger partial charge on any atom is -0.467 e. The molecule has 1 aliphatic carbocycles. The molecule has 4 heterocycles. The summed E-state index contributed by atoms with van der Waals surface area (Å²) in [6.45, 7) is 7.04. The zero-order valence-corrected chi connectivity index (χ0v) is 30.1. The Morgan fingerprint density at radius 2 is 1.71 bits per heavy atom. The first-order valence-corrected chi connectivity index (χ1v) is 18.2. The Hall–Kier alpha value is -4.70. The number of piperazine rings is 1. The SMILES string of the molecule is CCOC(=O)N1CCN(C(=O)C(CC2COC(C)(C)O2)NC(=O)c2cc(OCC(=O)N3CCCC3C(=O)NC3CCC3)n(-c3ccccc3)n2)CC1. The first-order valence-electron chi connectivity index (χ1n) is 18.2. The Balaban J connectivity index is 1.16. The van der Waals surface area contributed by atoms with Crippen LogP contribution in [0.1, 0.15) is 69.8 Å². The van der Waals surface area contributed by atoms with Gasteiger partial charge >= 0.3 is 6.09 Å². The lowest BCUT2D eigenvalue weighted by molar-refractivity contribution is -0.144. The second-order valence-corrected chi connectivity index (χ2v) is 14.0. The van der Waals surface area contributed by atoms with E-state index in [1.165, 1.54) is 10.7 Å². The summed E-state index contributed by atoms with van der Waals surface area (Å²) in [5.74, 6) is -2.11. The van der Waals surface area contributed by atoms with Crippen molar-refractivity contribution in [3.8, 4) is 11.6 Å². The molecular formula is C36H49N7O9. The molecule has 0 bridgehead atoms. The molecule has 16 heteroatoms. The van der Waals surface area contributed by atoms with Gasteiger partial charge in [0.2, 0.25) is 17.7 Å². The van der Waals surface area contributed by atoms with Crippen LogP contribution in [-0.2, 0) is 28.6 Å². The molecule has 6 rings (SSSR count). The lowest BCUT2D eigenvalue weighted by Crippen LogP contribution is -2.56. The van der Waals surface area contributed by atoms with Crippen LogP contribution in [0.25, 0.3) is 5.69 Å². The third kappa shape index (κ3) is 8.84. The predicted molar refractivity (Wildman–Crippen MR) is 186 cm³/mol. The van der Waals surface area contributed by atoms with Gasteiger partial charge in [-0.05, 0) is 65.0 Å². The molecule has 4 fully saturated rings. The van der Waals surface area contributed by atoms with Crippen molar-refractivity contribution >= 4 is 29.7 Å². The molecule has 2 aromatic rings. The van der Waals surface area contributed by atoms with Crippen LogP contribution in [0.5, 0.6) is 5.88 Å². The molecule has 1 aromatic heterocycles. The van der Waals surface area contributed by atoms with E-state index in [-0.39, 0.29) is 74.7 Å². The third-order valence-corrected chi connectivity index (χ3v) is 9.87. The highest BCUT2D eigenvalue weighted by Crippen LogP contribution is 2.27. The standard InChI is InChI=1S/C36H49N7O9/c1-4-49-35(48)41-18-16-40(17-19-41)34(47)28(20-26-22-51-36(2,3)52-26)38-32(45)27-21-31(43(39-27)25-12-6-5-7-13-25)50-23-30(44)42-15-9-14-29(42)33(46)37-24-10-8-11-24/h5-7,12-13,21,24,26,28-29H,4,8-11,14-20,22-23H2,1-3H3,(H,37,46)(H,38,45). The van der Waals surface area contributed by atoms with E-state index in [0.717, 1.165) is 25.7 Å². The molecule has 3 unspecified atom stereocenters. The molecule has 3 saturated heterocycles. The lowest BCUT2D eigenvalue weighted by atomic mass is 9.93. The van der Waals surface area contributed by atoms with Gasteiger partial charge in [-0.2, -0.15) is 5.10 Å². The van der Waals surface area contributed by atoms with Gasteiger partial charge in [0.1, 0.15) is 12.1 Å². The first kappa shape index (κ1) is 37.1. The van der Waals surface area contributed by atoms with E-state index in [0.29, 0.717) is 31.7 Å². The minimum absolute atomic E-state index is 0.0286. The molecule has 1 saturated carbocycles. The minimum atomic E-state index is -0.991. The number of benzene rings is 1. The van der Waals surface area contributed by atoms with Crippen molar-refractivity contribution in [2.45, 2.75) is 89.3 Å². The number of carbonyl (C=O) groups excluding carboxylic acids is 5. The Bertz CT molecular complexity index is 1600. The fourth-order valence-electron chi connectivity index (χ4n) is 6.88. The van der Waals surface area contributed by atoms with Crippen molar-refractivity contribution in [3.05, 3.63) is 42.1 Å². The van der Waals surface area contributed by atoms with E-state index in [1.54, 1.807) is 47.6 Å². The van der Waals surface area contributed by atoms with E-state index in [1.807, 2.05) is 18.2 Å². The summed E-state index contributed by atoms with van der Waals surface area (Å²) in [4.78, 5) is 71.1. The number of carbonyl (C=O) groups is 5. The summed E-state index contributed by atoms with van der Waals surface area (Å²) < 4.78 is 24.3. The number of amides is 5. The predicted octanol–water partition coefficient (Wildman–Crippen LogP) is 1.85. The maximum atomic E-state index is 13.9. The van der Waals surface area contributed by atoms with Crippen LogP contribution in [0.3, 0.4) is 0 Å². The Labute approximate surface area is 303 Å². The number of rotatable bonds is 12. The van der Waals surface area contributed by atoms with Gasteiger partial charge in [0, 0.05) is 51.3 Å². The van der Waals surface area contributed by atoms with E-state index in [2.05, 4.69) is 15.7 Å². The van der Waals surface area contributed by atoms with Crippen molar-refractivity contribution in [1.82, 2.24) is 35.1 Å². The molecule has 5 amide bonds. The highest BCUT2D eigenvalue weighted by molar-refractivity contribution is 5.96. The monoisotopic (exact) mass is 723 g/mol. The molecule has 1 aromatic carbocycles. The topological polar surface area (TPSA) is 174 Å². The number of aromatic nitrogens is 2. The fraction of sp³-hybridized carbons (Fsp3) is 0.611. The van der Waals surface area contributed by atoms with Crippen molar-refractivity contribution in [3.63, 3.8) is 0 Å². The first-order chi connectivity index (χ1) is 25.0. The average molecular weight is 724 g/mol. The third-order valence-electron chi connectivity index (χ3n) is 9.87. The van der Waals surface area contributed by atoms with Crippen molar-refractivity contribution in [2.24, 2.45) is 0 Å². The zero-order valence-electron chi connectivity index (χ0n) is 30.1. The van der Waals surface area contributed by atoms with Crippen LogP contribution in [-0.4, -0.2) is 137 Å². The normalized spacial score (nSPS) is 22.0. The molecule has 16 nitrogen and oxygen atoms in total. The van der Waals surface area contributed by atoms with E-state index in [9.17, 15) is 24.0 Å².